The molecular weight excluding hydrogens is 458 g/mol. The third-order valence-electron chi connectivity index (χ3n) is 3.19. The van der Waals surface area contributed by atoms with Gasteiger partial charge in [-0.1, -0.05) is 28.2 Å². The second kappa shape index (κ2) is 8.54. The lowest BCUT2D eigenvalue weighted by Crippen LogP contribution is -2.21. The average Bonchev–Trinajstić information content (AvgIpc) is 3.14. The number of aromatic nitrogens is 2. The highest BCUT2D eigenvalue weighted by Crippen LogP contribution is 2.26. The van der Waals surface area contributed by atoms with Gasteiger partial charge in [0.1, 0.15) is 0 Å². The number of carbonyl (C=O) groups is 1. The first-order valence-corrected chi connectivity index (χ1v) is 9.65. The Kier molecular flexibility index (Phi) is 6.15. The van der Waals surface area contributed by atoms with E-state index in [0.717, 1.165) is 21.7 Å². The van der Waals surface area contributed by atoms with E-state index in [4.69, 9.17) is 23.8 Å². The lowest BCUT2D eigenvalue weighted by Gasteiger charge is -2.14. The first-order valence-electron chi connectivity index (χ1n) is 7.23. The van der Waals surface area contributed by atoms with Gasteiger partial charge >= 0.3 is 0 Å². The molecule has 0 bridgehead atoms. The van der Waals surface area contributed by atoms with Gasteiger partial charge in [-0.3, -0.25) is 4.79 Å². The summed E-state index contributed by atoms with van der Waals surface area (Å²) >= 11 is 15.9. The quantitative estimate of drug-likeness (QED) is 0.467. The molecule has 3 aromatic rings. The van der Waals surface area contributed by atoms with Crippen molar-refractivity contribution in [1.82, 2.24) is 9.59 Å². The van der Waals surface area contributed by atoms with E-state index in [1.807, 2.05) is 24.3 Å². The van der Waals surface area contributed by atoms with Gasteiger partial charge in [-0.25, -0.2) is 0 Å². The van der Waals surface area contributed by atoms with Crippen molar-refractivity contribution in [3.05, 3.63) is 63.0 Å². The molecule has 3 rings (SSSR count). The Bertz CT molecular complexity index is 952. The summed E-state index contributed by atoms with van der Waals surface area (Å²) in [6, 6.07) is 12.6. The maximum Gasteiger partial charge on any atom is 0.277 e. The summed E-state index contributed by atoms with van der Waals surface area (Å²) in [4.78, 5) is 12.2. The van der Waals surface area contributed by atoms with E-state index in [0.29, 0.717) is 21.5 Å². The third-order valence-corrected chi connectivity index (χ3v) is 5.13. The molecule has 0 radical (unpaired) electrons. The molecule has 1 heterocycles. The highest BCUT2D eigenvalue weighted by atomic mass is 79.9. The van der Waals surface area contributed by atoms with E-state index in [9.17, 15) is 4.79 Å². The molecule has 0 aliphatic rings. The summed E-state index contributed by atoms with van der Waals surface area (Å²) in [5.41, 5.74) is 2.22. The molecule has 0 saturated heterocycles. The molecule has 0 unspecified atom stereocenters. The number of benzene rings is 2. The summed E-state index contributed by atoms with van der Waals surface area (Å²) in [5, 5.41) is 15.2. The van der Waals surface area contributed by atoms with Crippen molar-refractivity contribution in [3.8, 4) is 0 Å². The highest BCUT2D eigenvalue weighted by molar-refractivity contribution is 9.10. The molecule has 2 aromatic carbocycles. The van der Waals surface area contributed by atoms with Gasteiger partial charge in [-0.2, -0.15) is 0 Å². The van der Waals surface area contributed by atoms with Crippen molar-refractivity contribution < 1.29 is 4.79 Å². The first kappa shape index (κ1) is 18.7. The second-order valence-corrected chi connectivity index (χ2v) is 7.28. The Morgan fingerprint density at radius 3 is 2.50 bits per heavy atom. The minimum atomic E-state index is -0.341. The van der Waals surface area contributed by atoms with Gasteiger partial charge in [0.2, 0.25) is 0 Å². The fourth-order valence-electron chi connectivity index (χ4n) is 2.01. The summed E-state index contributed by atoms with van der Waals surface area (Å²) < 4.78 is 4.49. The fraction of sp³-hybridized carbons (Fsp3) is 0. The van der Waals surface area contributed by atoms with Gasteiger partial charge in [0, 0.05) is 15.5 Å². The average molecular weight is 469 g/mol. The molecule has 0 aliphatic carbocycles. The Morgan fingerprint density at radius 1 is 1.12 bits per heavy atom. The lowest BCUT2D eigenvalue weighted by atomic mass is 10.2. The maximum atomic E-state index is 12.2. The van der Waals surface area contributed by atoms with Crippen LogP contribution in [0.1, 0.15) is 10.5 Å². The highest BCUT2D eigenvalue weighted by Gasteiger charge is 2.12. The van der Waals surface area contributed by atoms with E-state index in [1.54, 1.807) is 23.6 Å². The van der Waals surface area contributed by atoms with Crippen LogP contribution in [0.2, 0.25) is 5.02 Å². The number of carbonyl (C=O) groups excluding carboxylic acids is 1. The summed E-state index contributed by atoms with van der Waals surface area (Å²) in [5.74, 6) is -0.341. The van der Waals surface area contributed by atoms with Crippen molar-refractivity contribution in [1.29, 1.82) is 0 Å². The molecule has 0 saturated carbocycles. The molecule has 1 aromatic heterocycles. The topological polar surface area (TPSA) is 78.9 Å². The number of rotatable bonds is 4. The van der Waals surface area contributed by atoms with Crippen molar-refractivity contribution >= 4 is 79.4 Å². The predicted molar refractivity (Wildman–Crippen MR) is 113 cm³/mol. The van der Waals surface area contributed by atoms with Crippen LogP contribution >= 0.6 is 51.3 Å². The third kappa shape index (κ3) is 4.76. The van der Waals surface area contributed by atoms with E-state index >= 15 is 0 Å². The molecule has 1 amide bonds. The Labute approximate surface area is 172 Å². The summed E-state index contributed by atoms with van der Waals surface area (Å²) in [6.07, 6.45) is 0. The largest absolute Gasteiger partial charge is 0.332 e. The van der Waals surface area contributed by atoms with Crippen LogP contribution in [0.25, 0.3) is 0 Å². The molecular formula is C16H11BrClN5OS2. The number of para-hydroxylation sites is 2. The Balaban J connectivity index is 1.70. The van der Waals surface area contributed by atoms with Gasteiger partial charge in [0.05, 0.1) is 16.4 Å². The number of amides is 1. The zero-order chi connectivity index (χ0) is 18.5. The molecule has 0 spiro atoms. The Hall–Kier alpha value is -2.07. The number of anilines is 3. The van der Waals surface area contributed by atoms with Crippen LogP contribution in [0.5, 0.6) is 0 Å². The Morgan fingerprint density at radius 2 is 1.85 bits per heavy atom. The predicted octanol–water partition coefficient (Wildman–Crippen LogP) is 5.02. The van der Waals surface area contributed by atoms with Gasteiger partial charge in [-0.15, -0.1) is 5.10 Å². The smallest absolute Gasteiger partial charge is 0.277 e. The normalized spacial score (nSPS) is 10.2. The van der Waals surface area contributed by atoms with Crippen LogP contribution in [0.15, 0.2) is 52.3 Å². The molecule has 0 atom stereocenters. The SMILES string of the molecule is O=C(Nc1ccccc1NC(=S)Nc1ccc(Br)c(Cl)c1)c1csnn1. The number of hydrogen-bond acceptors (Lipinski definition) is 5. The number of nitrogens with zero attached hydrogens (tertiary/aromatic N) is 2. The monoisotopic (exact) mass is 467 g/mol. The minimum absolute atomic E-state index is 0.259. The van der Waals surface area contributed by atoms with Crippen LogP contribution < -0.4 is 16.0 Å². The number of thiocarbonyl (C=S) groups is 1. The van der Waals surface area contributed by atoms with E-state index < -0.39 is 0 Å². The molecule has 26 heavy (non-hydrogen) atoms. The fourth-order valence-corrected chi connectivity index (χ4v) is 3.10. The van der Waals surface area contributed by atoms with Crippen LogP contribution in [0, 0.1) is 0 Å². The maximum absolute atomic E-state index is 12.2. The number of nitrogens with one attached hydrogen (secondary N) is 3. The second-order valence-electron chi connectivity index (χ2n) is 5.00. The van der Waals surface area contributed by atoms with Crippen LogP contribution in [0.3, 0.4) is 0 Å². The summed E-state index contributed by atoms with van der Waals surface area (Å²) in [6.45, 7) is 0. The van der Waals surface area contributed by atoms with Crippen LogP contribution in [-0.4, -0.2) is 20.6 Å². The van der Waals surface area contributed by atoms with Gasteiger partial charge in [-0.05, 0) is 70.0 Å². The van der Waals surface area contributed by atoms with E-state index in [-0.39, 0.29) is 11.6 Å². The standard InChI is InChI=1S/C16H11BrClN5OS2/c17-10-6-5-9(7-11(10)18)19-16(25)21-13-4-2-1-3-12(13)20-15(24)14-8-26-23-22-14/h1-8H,(H,20,24)(H2,19,21,25). The zero-order valence-corrected chi connectivity index (χ0v) is 17.0. The molecule has 0 aliphatic heterocycles. The molecule has 3 N–H and O–H groups in total. The number of hydrogen-bond donors (Lipinski definition) is 3. The first-order chi connectivity index (χ1) is 12.5. The van der Waals surface area contributed by atoms with Gasteiger partial charge in [0.25, 0.3) is 5.91 Å². The summed E-state index contributed by atoms with van der Waals surface area (Å²) in [7, 11) is 0. The van der Waals surface area contributed by atoms with Crippen molar-refractivity contribution in [3.63, 3.8) is 0 Å². The minimum Gasteiger partial charge on any atom is -0.332 e. The van der Waals surface area contributed by atoms with Crippen LogP contribution in [-0.2, 0) is 0 Å². The van der Waals surface area contributed by atoms with Crippen molar-refractivity contribution in [2.75, 3.05) is 16.0 Å². The van der Waals surface area contributed by atoms with Crippen LogP contribution in [0.4, 0.5) is 17.1 Å². The number of halogens is 2. The van der Waals surface area contributed by atoms with Crippen molar-refractivity contribution in [2.45, 2.75) is 0 Å². The zero-order valence-electron chi connectivity index (χ0n) is 13.0. The van der Waals surface area contributed by atoms with E-state index in [2.05, 4.69) is 41.5 Å². The molecule has 6 nitrogen and oxygen atoms in total. The molecule has 10 heteroatoms. The van der Waals surface area contributed by atoms with E-state index in [1.165, 1.54) is 0 Å². The van der Waals surface area contributed by atoms with Gasteiger partial charge < -0.3 is 16.0 Å². The molecule has 132 valence electrons. The van der Waals surface area contributed by atoms with Crippen molar-refractivity contribution in [2.24, 2.45) is 0 Å². The lowest BCUT2D eigenvalue weighted by molar-refractivity contribution is 0.102. The molecule has 0 fully saturated rings. The van der Waals surface area contributed by atoms with Gasteiger partial charge in [0.15, 0.2) is 10.8 Å².